The lowest BCUT2D eigenvalue weighted by Crippen LogP contribution is -2.38. The second kappa shape index (κ2) is 10.8. The summed E-state index contributed by atoms with van der Waals surface area (Å²) in [7, 11) is 0. The molecule has 1 unspecified atom stereocenters. The maximum atomic E-state index is 6.52. The van der Waals surface area contributed by atoms with Crippen LogP contribution in [-0.2, 0) is 17.7 Å². The highest BCUT2D eigenvalue weighted by Gasteiger charge is 2.39. The molecule has 0 spiro atoms. The van der Waals surface area contributed by atoms with Crippen molar-refractivity contribution in [3.63, 3.8) is 0 Å². The van der Waals surface area contributed by atoms with Gasteiger partial charge in [0.15, 0.2) is 0 Å². The highest BCUT2D eigenvalue weighted by atomic mass is 127. The molecule has 1 atom stereocenters. The molecule has 3 aromatic carbocycles. The third-order valence-electron chi connectivity index (χ3n) is 5.65. The van der Waals surface area contributed by atoms with Crippen molar-refractivity contribution in [3.8, 4) is 0 Å². The third-order valence-corrected chi connectivity index (χ3v) is 6.80. The molecule has 0 saturated carbocycles. The predicted octanol–water partition coefficient (Wildman–Crippen LogP) is 6.95. The molecule has 0 radical (unpaired) electrons. The highest BCUT2D eigenvalue weighted by Crippen LogP contribution is 2.37. The second-order valence-corrected chi connectivity index (χ2v) is 9.43. The number of nitrogens with zero attached hydrogens (tertiary/aromatic N) is 2. The summed E-state index contributed by atoms with van der Waals surface area (Å²) in [6, 6.07) is 32.4. The van der Waals surface area contributed by atoms with E-state index in [1.54, 1.807) is 0 Å². The molecule has 164 valence electrons. The van der Waals surface area contributed by atoms with Gasteiger partial charge in [0.05, 0.1) is 16.2 Å². The van der Waals surface area contributed by atoms with Gasteiger partial charge in [-0.05, 0) is 51.6 Å². The van der Waals surface area contributed by atoms with Gasteiger partial charge >= 0.3 is 0 Å². The molecule has 1 heterocycles. The highest BCUT2D eigenvalue weighted by molar-refractivity contribution is 14.1. The van der Waals surface area contributed by atoms with Crippen LogP contribution in [0.3, 0.4) is 0 Å². The van der Waals surface area contributed by atoms with Gasteiger partial charge in [0.25, 0.3) is 6.02 Å². The normalized spacial score (nSPS) is 18.8. The first kappa shape index (κ1) is 22.6. The molecule has 0 aliphatic carbocycles. The van der Waals surface area contributed by atoms with E-state index in [9.17, 15) is 0 Å². The van der Waals surface area contributed by atoms with Crippen LogP contribution in [0.25, 0.3) is 3.58 Å². The van der Waals surface area contributed by atoms with Gasteiger partial charge < -0.3 is 9.64 Å². The van der Waals surface area contributed by atoms with Crippen molar-refractivity contribution in [3.05, 3.63) is 113 Å². The smallest absolute Gasteiger partial charge is 0.293 e. The van der Waals surface area contributed by atoms with Crippen molar-refractivity contribution >= 4 is 32.2 Å². The summed E-state index contributed by atoms with van der Waals surface area (Å²) in [4.78, 5) is 7.29. The summed E-state index contributed by atoms with van der Waals surface area (Å²) in [5, 5.41) is 0. The van der Waals surface area contributed by atoms with Gasteiger partial charge in [-0.25, -0.2) is 4.99 Å². The summed E-state index contributed by atoms with van der Waals surface area (Å²) in [6.45, 7) is 6.00. The molecule has 0 aromatic heterocycles. The number of benzene rings is 3. The van der Waals surface area contributed by atoms with Crippen molar-refractivity contribution < 1.29 is 4.74 Å². The van der Waals surface area contributed by atoms with Crippen LogP contribution in [0.15, 0.2) is 102 Å². The van der Waals surface area contributed by atoms with Gasteiger partial charge in [-0.3, -0.25) is 0 Å². The summed E-state index contributed by atoms with van der Waals surface area (Å²) in [5.74, 6) is 1.39. The van der Waals surface area contributed by atoms with E-state index in [0.29, 0.717) is 12.5 Å². The number of hydrogen-bond acceptors (Lipinski definition) is 2. The Morgan fingerprint density at radius 3 is 2.03 bits per heavy atom. The van der Waals surface area contributed by atoms with E-state index in [-0.39, 0.29) is 6.04 Å². The standard InChI is InChI=1S/C28H29IN2O/c1-21(2)26-27(25(29)24-16-10-5-11-17-24)32-28(30-20-23-14-8-4-9-15-23)31(26)19-18-22-12-6-3-7-13-22/h3-17,21,26H,18-20H2,1-2H3/b27-25+,30-28?. The van der Waals surface area contributed by atoms with E-state index >= 15 is 0 Å². The molecular weight excluding hydrogens is 507 g/mol. The Morgan fingerprint density at radius 2 is 1.44 bits per heavy atom. The Morgan fingerprint density at radius 1 is 0.875 bits per heavy atom. The minimum atomic E-state index is 0.153. The summed E-state index contributed by atoms with van der Waals surface area (Å²) in [5.41, 5.74) is 3.69. The minimum Gasteiger partial charge on any atom is -0.427 e. The zero-order valence-electron chi connectivity index (χ0n) is 18.6. The molecule has 1 aliphatic heterocycles. The summed E-state index contributed by atoms with van der Waals surface area (Å²) < 4.78 is 7.67. The first-order chi connectivity index (χ1) is 15.6. The Hall–Kier alpha value is -2.60. The van der Waals surface area contributed by atoms with Gasteiger partial charge in [-0.1, -0.05) is 105 Å². The number of hydrogen-bond donors (Lipinski definition) is 0. The summed E-state index contributed by atoms with van der Waals surface area (Å²) >= 11 is 2.43. The van der Waals surface area contributed by atoms with E-state index in [1.165, 1.54) is 16.7 Å². The molecule has 1 fully saturated rings. The van der Waals surface area contributed by atoms with Crippen LogP contribution in [0.4, 0.5) is 0 Å². The average molecular weight is 536 g/mol. The Balaban J connectivity index is 1.68. The van der Waals surface area contributed by atoms with Crippen LogP contribution in [0.2, 0.25) is 0 Å². The largest absolute Gasteiger partial charge is 0.427 e. The van der Waals surface area contributed by atoms with E-state index in [2.05, 4.69) is 120 Å². The van der Waals surface area contributed by atoms with Crippen LogP contribution in [0, 0.1) is 5.92 Å². The number of amidine groups is 1. The minimum absolute atomic E-state index is 0.153. The van der Waals surface area contributed by atoms with Crippen LogP contribution in [0.5, 0.6) is 0 Å². The SMILES string of the molecule is CC(C)C1/C(=C(\I)c2ccccc2)OC(=NCc2ccccc2)N1CCc1ccccc1. The monoisotopic (exact) mass is 536 g/mol. The maximum Gasteiger partial charge on any atom is 0.293 e. The van der Waals surface area contributed by atoms with Gasteiger partial charge in [0, 0.05) is 6.54 Å². The molecule has 0 bridgehead atoms. The molecule has 3 aromatic rings. The molecule has 4 heteroatoms. The molecule has 4 rings (SSSR count). The van der Waals surface area contributed by atoms with Crippen LogP contribution in [0.1, 0.15) is 30.5 Å². The fourth-order valence-electron chi connectivity index (χ4n) is 4.04. The van der Waals surface area contributed by atoms with Crippen LogP contribution < -0.4 is 0 Å². The van der Waals surface area contributed by atoms with Crippen molar-refractivity contribution in [2.75, 3.05) is 6.54 Å². The average Bonchev–Trinajstić information content (AvgIpc) is 3.21. The predicted molar refractivity (Wildman–Crippen MR) is 142 cm³/mol. The number of aliphatic imine (C=N–C) groups is 1. The van der Waals surface area contributed by atoms with E-state index in [4.69, 9.17) is 9.73 Å². The number of halogens is 1. The Kier molecular flexibility index (Phi) is 7.63. The van der Waals surface area contributed by atoms with E-state index in [0.717, 1.165) is 28.3 Å². The topological polar surface area (TPSA) is 24.8 Å². The molecule has 0 N–H and O–H groups in total. The van der Waals surface area contributed by atoms with Crippen LogP contribution >= 0.6 is 22.6 Å². The third kappa shape index (κ3) is 5.41. The van der Waals surface area contributed by atoms with Gasteiger partial charge in [0.2, 0.25) is 0 Å². The molecule has 1 saturated heterocycles. The number of ether oxygens (including phenoxy) is 1. The summed E-state index contributed by atoms with van der Waals surface area (Å²) in [6.07, 6.45) is 0.951. The lowest BCUT2D eigenvalue weighted by molar-refractivity contribution is 0.303. The zero-order valence-corrected chi connectivity index (χ0v) is 20.8. The van der Waals surface area contributed by atoms with Gasteiger partial charge in [-0.2, -0.15) is 0 Å². The number of rotatable bonds is 7. The Labute approximate surface area is 205 Å². The first-order valence-corrected chi connectivity index (χ1v) is 12.2. The fraction of sp³-hybridized carbons (Fsp3) is 0.250. The lowest BCUT2D eigenvalue weighted by Gasteiger charge is -2.27. The first-order valence-electron chi connectivity index (χ1n) is 11.2. The van der Waals surface area contributed by atoms with E-state index < -0.39 is 0 Å². The van der Waals surface area contributed by atoms with Crippen molar-refractivity contribution in [2.45, 2.75) is 32.9 Å². The van der Waals surface area contributed by atoms with Crippen LogP contribution in [-0.4, -0.2) is 23.5 Å². The van der Waals surface area contributed by atoms with Crippen molar-refractivity contribution in [1.29, 1.82) is 0 Å². The van der Waals surface area contributed by atoms with Gasteiger partial charge in [-0.15, -0.1) is 0 Å². The van der Waals surface area contributed by atoms with Crippen molar-refractivity contribution in [2.24, 2.45) is 10.9 Å². The lowest BCUT2D eigenvalue weighted by atomic mass is 9.99. The zero-order chi connectivity index (χ0) is 22.3. The quantitative estimate of drug-likeness (QED) is 0.306. The fourth-order valence-corrected chi connectivity index (χ4v) is 4.83. The molecule has 3 nitrogen and oxygen atoms in total. The second-order valence-electron chi connectivity index (χ2n) is 8.35. The molecule has 0 amide bonds. The van der Waals surface area contributed by atoms with Gasteiger partial charge in [0.1, 0.15) is 5.76 Å². The Bertz CT molecular complexity index is 1060. The molecule has 1 aliphatic rings. The van der Waals surface area contributed by atoms with E-state index in [1.807, 2.05) is 12.1 Å². The van der Waals surface area contributed by atoms with Crippen molar-refractivity contribution in [1.82, 2.24) is 4.90 Å². The maximum absolute atomic E-state index is 6.52. The molecule has 32 heavy (non-hydrogen) atoms. The molecular formula is C28H29IN2O.